The number of carbonyl (C=O) groups is 3. The van der Waals surface area contributed by atoms with Crippen LogP contribution in [0, 0.1) is 9.39 Å². The molecule has 1 N–H and O–H groups in total. The molecule has 1 heterocycles. The van der Waals surface area contributed by atoms with E-state index in [-0.39, 0.29) is 30.1 Å². The molecule has 1 aliphatic heterocycles. The van der Waals surface area contributed by atoms with Crippen LogP contribution >= 0.6 is 34.4 Å². The number of nitrogens with zero attached hydrogens (tertiary/aromatic N) is 1. The van der Waals surface area contributed by atoms with Gasteiger partial charge in [0, 0.05) is 16.7 Å². The molecule has 138 valence electrons. The van der Waals surface area contributed by atoms with Crippen LogP contribution in [0.5, 0.6) is 0 Å². The van der Waals surface area contributed by atoms with Crippen molar-refractivity contribution in [3.05, 3.63) is 74.0 Å². The Morgan fingerprint density at radius 3 is 2.63 bits per heavy atom. The highest BCUT2D eigenvalue weighted by molar-refractivity contribution is 14.1. The van der Waals surface area contributed by atoms with Crippen LogP contribution < -0.4 is 5.32 Å². The first-order valence-corrected chi connectivity index (χ1v) is 9.89. The van der Waals surface area contributed by atoms with Crippen molar-refractivity contribution in [2.75, 3.05) is 13.1 Å². The normalized spacial score (nSPS) is 15.5. The van der Waals surface area contributed by atoms with Crippen LogP contribution in [-0.4, -0.2) is 35.0 Å². The second-order valence-corrected chi connectivity index (χ2v) is 7.78. The molecule has 3 amide bonds. The van der Waals surface area contributed by atoms with Crippen LogP contribution in [0.1, 0.15) is 15.9 Å². The van der Waals surface area contributed by atoms with Crippen LogP contribution in [0.25, 0.3) is 6.08 Å². The number of hydrogen-bond donors (Lipinski definition) is 1. The number of nitrogens with one attached hydrogen (secondary N) is 1. The van der Waals surface area contributed by atoms with Gasteiger partial charge in [-0.1, -0.05) is 30.3 Å². The minimum absolute atomic E-state index is 0.0698. The lowest BCUT2D eigenvalue weighted by Crippen LogP contribution is -2.37. The summed E-state index contributed by atoms with van der Waals surface area (Å²) in [6.45, 7) is 0.184. The molecule has 27 heavy (non-hydrogen) atoms. The van der Waals surface area contributed by atoms with Crippen molar-refractivity contribution in [3.63, 3.8) is 0 Å². The summed E-state index contributed by atoms with van der Waals surface area (Å²) in [5.74, 6) is -1.18. The summed E-state index contributed by atoms with van der Waals surface area (Å²) in [4.78, 5) is 38.1. The van der Waals surface area contributed by atoms with Crippen molar-refractivity contribution >= 4 is 57.5 Å². The molecule has 0 unspecified atom stereocenters. The number of thioether (sulfide) groups is 1. The molecule has 0 radical (unpaired) electrons. The van der Waals surface area contributed by atoms with E-state index >= 15 is 0 Å². The standard InChI is InChI=1S/C19H14FIN2O3S/c20-13-6-7-14(15(21)11-13)17(24)22-8-9-23-18(25)16(27-19(23)26)10-12-4-2-1-3-5-12/h1-7,10-11H,8-9H2,(H,22,24)/b16-10-. The molecule has 5 nitrogen and oxygen atoms in total. The second kappa shape index (κ2) is 8.66. The molecule has 1 fully saturated rings. The summed E-state index contributed by atoms with van der Waals surface area (Å²) in [7, 11) is 0. The Morgan fingerprint density at radius 2 is 1.93 bits per heavy atom. The van der Waals surface area contributed by atoms with E-state index in [0.29, 0.717) is 14.0 Å². The first-order valence-electron chi connectivity index (χ1n) is 7.99. The van der Waals surface area contributed by atoms with E-state index in [1.165, 1.54) is 18.2 Å². The highest BCUT2D eigenvalue weighted by atomic mass is 127. The van der Waals surface area contributed by atoms with E-state index in [1.54, 1.807) is 6.08 Å². The molecule has 0 bridgehead atoms. The quantitative estimate of drug-likeness (QED) is 0.504. The first-order chi connectivity index (χ1) is 13.0. The minimum Gasteiger partial charge on any atom is -0.350 e. The van der Waals surface area contributed by atoms with Gasteiger partial charge in [-0.05, 0) is 64.2 Å². The molecule has 3 rings (SSSR count). The Labute approximate surface area is 173 Å². The van der Waals surface area contributed by atoms with Crippen LogP contribution in [0.2, 0.25) is 0 Å². The third kappa shape index (κ3) is 4.75. The molecule has 0 aromatic heterocycles. The summed E-state index contributed by atoms with van der Waals surface area (Å²) in [6, 6.07) is 13.1. The number of halogens is 2. The van der Waals surface area contributed by atoms with Gasteiger partial charge in [0.1, 0.15) is 5.82 Å². The lowest BCUT2D eigenvalue weighted by Gasteiger charge is -2.13. The summed E-state index contributed by atoms with van der Waals surface area (Å²) in [5, 5.41) is 2.28. The van der Waals surface area contributed by atoms with Gasteiger partial charge in [-0.15, -0.1) is 0 Å². The summed E-state index contributed by atoms with van der Waals surface area (Å²) in [6.07, 6.45) is 1.67. The number of rotatable bonds is 5. The SMILES string of the molecule is O=C(NCCN1C(=O)S/C(=C\c2ccccc2)C1=O)c1ccc(F)cc1I. The number of amides is 3. The summed E-state index contributed by atoms with van der Waals surface area (Å²) in [5.41, 5.74) is 1.18. The van der Waals surface area contributed by atoms with E-state index in [2.05, 4.69) is 5.32 Å². The molecule has 0 spiro atoms. The van der Waals surface area contributed by atoms with Crippen LogP contribution in [0.3, 0.4) is 0 Å². The Hall–Kier alpha value is -2.20. The Morgan fingerprint density at radius 1 is 1.19 bits per heavy atom. The predicted molar refractivity (Wildman–Crippen MR) is 111 cm³/mol. The van der Waals surface area contributed by atoms with Crippen molar-refractivity contribution in [1.29, 1.82) is 0 Å². The average Bonchev–Trinajstić information content (AvgIpc) is 2.89. The van der Waals surface area contributed by atoms with E-state index in [4.69, 9.17) is 0 Å². The van der Waals surface area contributed by atoms with Gasteiger partial charge in [-0.25, -0.2) is 4.39 Å². The summed E-state index contributed by atoms with van der Waals surface area (Å²) >= 11 is 2.76. The van der Waals surface area contributed by atoms with Gasteiger partial charge in [0.25, 0.3) is 17.1 Å². The van der Waals surface area contributed by atoms with E-state index in [1.807, 2.05) is 52.9 Å². The van der Waals surface area contributed by atoms with Crippen LogP contribution in [-0.2, 0) is 4.79 Å². The lowest BCUT2D eigenvalue weighted by molar-refractivity contribution is -0.122. The van der Waals surface area contributed by atoms with Gasteiger partial charge in [0.15, 0.2) is 0 Å². The first kappa shape index (κ1) is 19.6. The van der Waals surface area contributed by atoms with Crippen molar-refractivity contribution in [1.82, 2.24) is 10.2 Å². The largest absolute Gasteiger partial charge is 0.350 e. The fraction of sp³-hybridized carbons (Fsp3) is 0.105. The van der Waals surface area contributed by atoms with E-state index in [0.717, 1.165) is 22.2 Å². The molecular weight excluding hydrogens is 482 g/mol. The monoisotopic (exact) mass is 496 g/mol. The van der Waals surface area contributed by atoms with Crippen molar-refractivity contribution in [2.45, 2.75) is 0 Å². The smallest absolute Gasteiger partial charge is 0.293 e. The third-order valence-electron chi connectivity index (χ3n) is 3.77. The summed E-state index contributed by atoms with van der Waals surface area (Å²) < 4.78 is 13.6. The third-order valence-corrected chi connectivity index (χ3v) is 5.57. The van der Waals surface area contributed by atoms with Crippen molar-refractivity contribution in [3.8, 4) is 0 Å². The molecule has 1 aliphatic rings. The number of benzene rings is 2. The maximum absolute atomic E-state index is 13.1. The molecule has 0 atom stereocenters. The number of carbonyl (C=O) groups excluding carboxylic acids is 3. The Balaban J connectivity index is 1.59. The molecule has 0 saturated carbocycles. The van der Waals surface area contributed by atoms with E-state index in [9.17, 15) is 18.8 Å². The van der Waals surface area contributed by atoms with Crippen molar-refractivity contribution < 1.29 is 18.8 Å². The number of imide groups is 1. The molecule has 8 heteroatoms. The minimum atomic E-state index is -0.418. The maximum Gasteiger partial charge on any atom is 0.293 e. The predicted octanol–water partition coefficient (Wildman–Crippen LogP) is 3.90. The second-order valence-electron chi connectivity index (χ2n) is 5.62. The topological polar surface area (TPSA) is 66.5 Å². The molecule has 2 aromatic carbocycles. The van der Waals surface area contributed by atoms with Gasteiger partial charge in [-0.2, -0.15) is 0 Å². The van der Waals surface area contributed by atoms with Gasteiger partial charge < -0.3 is 5.32 Å². The highest BCUT2D eigenvalue weighted by Gasteiger charge is 2.34. The molecular formula is C19H14FIN2O3S. The van der Waals surface area contributed by atoms with Gasteiger partial charge in [0.2, 0.25) is 0 Å². The fourth-order valence-electron chi connectivity index (χ4n) is 2.44. The average molecular weight is 496 g/mol. The van der Waals surface area contributed by atoms with Crippen LogP contribution in [0.4, 0.5) is 9.18 Å². The lowest BCUT2D eigenvalue weighted by atomic mass is 10.2. The molecule has 1 saturated heterocycles. The van der Waals surface area contributed by atoms with Crippen molar-refractivity contribution in [2.24, 2.45) is 0 Å². The molecule has 0 aliphatic carbocycles. The maximum atomic E-state index is 13.1. The zero-order valence-corrected chi connectivity index (χ0v) is 16.9. The zero-order chi connectivity index (χ0) is 19.4. The Kier molecular flexibility index (Phi) is 6.27. The number of hydrogen-bond acceptors (Lipinski definition) is 4. The van der Waals surface area contributed by atoms with E-state index < -0.39 is 5.82 Å². The Bertz CT molecular complexity index is 934. The van der Waals surface area contributed by atoms with Gasteiger partial charge in [0.05, 0.1) is 10.5 Å². The fourth-order valence-corrected chi connectivity index (χ4v) is 4.03. The van der Waals surface area contributed by atoms with Gasteiger partial charge >= 0.3 is 0 Å². The van der Waals surface area contributed by atoms with Crippen LogP contribution in [0.15, 0.2) is 53.4 Å². The zero-order valence-electron chi connectivity index (χ0n) is 13.9. The van der Waals surface area contributed by atoms with Gasteiger partial charge in [-0.3, -0.25) is 19.3 Å². The molecule has 2 aromatic rings. The highest BCUT2D eigenvalue weighted by Crippen LogP contribution is 2.31.